The fourth-order valence-corrected chi connectivity index (χ4v) is 2.14. The van der Waals surface area contributed by atoms with Crippen molar-refractivity contribution >= 4 is 5.78 Å². The highest BCUT2D eigenvalue weighted by Crippen LogP contribution is 2.15. The van der Waals surface area contributed by atoms with Gasteiger partial charge in [-0.2, -0.15) is 0 Å². The van der Waals surface area contributed by atoms with E-state index in [1.54, 1.807) is 18.2 Å². The molecule has 0 amide bonds. The van der Waals surface area contributed by atoms with E-state index in [1.165, 1.54) is 6.07 Å². The maximum Gasteiger partial charge on any atom is 0.137 e. The minimum atomic E-state index is -0.277. The maximum absolute atomic E-state index is 13.3. The zero-order valence-electron chi connectivity index (χ0n) is 9.21. The van der Waals surface area contributed by atoms with Crippen LogP contribution in [0.3, 0.4) is 0 Å². The van der Waals surface area contributed by atoms with Crippen LogP contribution in [0.25, 0.3) is 0 Å². The quantitative estimate of drug-likeness (QED) is 0.841. The van der Waals surface area contributed by atoms with E-state index in [-0.39, 0.29) is 18.0 Å². The van der Waals surface area contributed by atoms with Crippen molar-refractivity contribution in [2.24, 2.45) is 5.92 Å². The summed E-state index contributed by atoms with van der Waals surface area (Å²) in [5.74, 6) is 0.304. The molecule has 0 aromatic heterocycles. The van der Waals surface area contributed by atoms with Crippen LogP contribution in [0.1, 0.15) is 18.4 Å². The molecule has 2 nitrogen and oxygen atoms in total. The van der Waals surface area contributed by atoms with Crippen LogP contribution < -0.4 is 5.32 Å². The molecule has 1 N–H and O–H groups in total. The standard InChI is InChI=1S/C13H16FNO/c14-13-4-2-1-3-11(13)8-12(16)7-10-5-6-15-9-10/h1-4,10,15H,5-9H2. The average Bonchev–Trinajstić information content (AvgIpc) is 2.74. The van der Waals surface area contributed by atoms with Crippen molar-refractivity contribution in [3.05, 3.63) is 35.6 Å². The highest BCUT2D eigenvalue weighted by Gasteiger charge is 2.18. The van der Waals surface area contributed by atoms with Crippen LogP contribution in [0.15, 0.2) is 24.3 Å². The summed E-state index contributed by atoms with van der Waals surface area (Å²) in [4.78, 5) is 11.7. The lowest BCUT2D eigenvalue weighted by molar-refractivity contribution is -0.119. The fourth-order valence-electron chi connectivity index (χ4n) is 2.14. The molecule has 1 fully saturated rings. The van der Waals surface area contributed by atoms with Gasteiger partial charge in [-0.05, 0) is 37.1 Å². The molecular weight excluding hydrogens is 205 g/mol. The second-order valence-corrected chi connectivity index (χ2v) is 4.37. The molecule has 1 aliphatic rings. The summed E-state index contributed by atoms with van der Waals surface area (Å²) < 4.78 is 13.3. The average molecular weight is 221 g/mol. The number of nitrogens with one attached hydrogen (secondary N) is 1. The lowest BCUT2D eigenvalue weighted by atomic mass is 9.98. The minimum absolute atomic E-state index is 0.138. The number of hydrogen-bond donors (Lipinski definition) is 1. The van der Waals surface area contributed by atoms with Crippen molar-refractivity contribution < 1.29 is 9.18 Å². The molecule has 1 heterocycles. The Kier molecular flexibility index (Phi) is 3.67. The molecule has 1 saturated heterocycles. The van der Waals surface area contributed by atoms with E-state index < -0.39 is 0 Å². The Morgan fingerprint density at radius 1 is 1.44 bits per heavy atom. The third-order valence-corrected chi connectivity index (χ3v) is 3.02. The predicted molar refractivity (Wildman–Crippen MR) is 60.7 cm³/mol. The van der Waals surface area contributed by atoms with Crippen LogP contribution in [-0.4, -0.2) is 18.9 Å². The van der Waals surface area contributed by atoms with E-state index in [4.69, 9.17) is 0 Å². The first-order valence-corrected chi connectivity index (χ1v) is 5.71. The molecule has 1 atom stereocenters. The second kappa shape index (κ2) is 5.21. The second-order valence-electron chi connectivity index (χ2n) is 4.37. The predicted octanol–water partition coefficient (Wildman–Crippen LogP) is 1.94. The molecule has 3 heteroatoms. The Hall–Kier alpha value is -1.22. The normalized spacial score (nSPS) is 19.9. The van der Waals surface area contributed by atoms with Gasteiger partial charge >= 0.3 is 0 Å². The molecule has 2 rings (SSSR count). The Morgan fingerprint density at radius 2 is 2.25 bits per heavy atom. The summed E-state index contributed by atoms with van der Waals surface area (Å²) in [6, 6.07) is 6.49. The highest BCUT2D eigenvalue weighted by molar-refractivity contribution is 5.81. The van der Waals surface area contributed by atoms with Gasteiger partial charge in [-0.3, -0.25) is 4.79 Å². The van der Waals surface area contributed by atoms with Gasteiger partial charge in [-0.25, -0.2) is 4.39 Å². The van der Waals surface area contributed by atoms with E-state index in [0.29, 0.717) is 17.9 Å². The summed E-state index contributed by atoms with van der Waals surface area (Å²) in [6.07, 6.45) is 1.85. The molecule has 1 unspecified atom stereocenters. The fraction of sp³-hybridized carbons (Fsp3) is 0.462. The molecule has 1 aromatic rings. The van der Waals surface area contributed by atoms with Crippen molar-refractivity contribution in [3.63, 3.8) is 0 Å². The molecule has 1 aromatic carbocycles. The Morgan fingerprint density at radius 3 is 2.94 bits per heavy atom. The summed E-state index contributed by atoms with van der Waals surface area (Å²) in [7, 11) is 0. The van der Waals surface area contributed by atoms with Crippen molar-refractivity contribution in [2.75, 3.05) is 13.1 Å². The zero-order chi connectivity index (χ0) is 11.4. The van der Waals surface area contributed by atoms with E-state index in [9.17, 15) is 9.18 Å². The number of carbonyl (C=O) groups is 1. The van der Waals surface area contributed by atoms with Crippen LogP contribution >= 0.6 is 0 Å². The van der Waals surface area contributed by atoms with Crippen molar-refractivity contribution in [1.82, 2.24) is 5.32 Å². The number of benzene rings is 1. The molecule has 0 aliphatic carbocycles. The van der Waals surface area contributed by atoms with Gasteiger partial charge in [-0.15, -0.1) is 0 Å². The molecule has 1 aliphatic heterocycles. The number of hydrogen-bond acceptors (Lipinski definition) is 2. The van der Waals surface area contributed by atoms with Gasteiger partial charge in [0.25, 0.3) is 0 Å². The zero-order valence-corrected chi connectivity index (χ0v) is 9.21. The summed E-state index contributed by atoms with van der Waals surface area (Å²) >= 11 is 0. The van der Waals surface area contributed by atoms with Crippen LogP contribution in [0.2, 0.25) is 0 Å². The van der Waals surface area contributed by atoms with Gasteiger partial charge < -0.3 is 5.32 Å². The van der Waals surface area contributed by atoms with Gasteiger partial charge in [0.05, 0.1) is 0 Å². The van der Waals surface area contributed by atoms with Crippen LogP contribution in [0.5, 0.6) is 0 Å². The Bertz CT molecular complexity index is 372. The summed E-state index contributed by atoms with van der Waals surface area (Å²) in [6.45, 7) is 1.92. The monoisotopic (exact) mass is 221 g/mol. The van der Waals surface area contributed by atoms with E-state index in [0.717, 1.165) is 19.5 Å². The molecule has 0 saturated carbocycles. The summed E-state index contributed by atoms with van der Waals surface area (Å²) in [5, 5.41) is 3.23. The molecular formula is C13H16FNO. The lowest BCUT2D eigenvalue weighted by Gasteiger charge is -2.07. The lowest BCUT2D eigenvalue weighted by Crippen LogP contribution is -2.14. The van der Waals surface area contributed by atoms with Crippen molar-refractivity contribution in [1.29, 1.82) is 0 Å². The molecule has 86 valence electrons. The highest BCUT2D eigenvalue weighted by atomic mass is 19.1. The van der Waals surface area contributed by atoms with Crippen LogP contribution in [0.4, 0.5) is 4.39 Å². The van der Waals surface area contributed by atoms with E-state index in [1.807, 2.05) is 0 Å². The first kappa shape index (κ1) is 11.3. The number of Topliss-reactive ketones (excluding diaryl/α,β-unsaturated/α-hetero) is 1. The van der Waals surface area contributed by atoms with E-state index in [2.05, 4.69) is 5.32 Å². The van der Waals surface area contributed by atoms with Crippen molar-refractivity contribution in [2.45, 2.75) is 19.3 Å². The van der Waals surface area contributed by atoms with Gasteiger partial charge in [0.2, 0.25) is 0 Å². The Balaban J connectivity index is 1.89. The topological polar surface area (TPSA) is 29.1 Å². The third-order valence-electron chi connectivity index (χ3n) is 3.02. The molecule has 0 radical (unpaired) electrons. The maximum atomic E-state index is 13.3. The number of ketones is 1. The summed E-state index contributed by atoms with van der Waals surface area (Å²) in [5.41, 5.74) is 0.512. The van der Waals surface area contributed by atoms with Crippen LogP contribution in [0, 0.1) is 11.7 Å². The number of carbonyl (C=O) groups excluding carboxylic acids is 1. The van der Waals surface area contributed by atoms with Gasteiger partial charge in [0.1, 0.15) is 11.6 Å². The van der Waals surface area contributed by atoms with Gasteiger partial charge in [-0.1, -0.05) is 18.2 Å². The Labute approximate surface area is 94.9 Å². The van der Waals surface area contributed by atoms with Gasteiger partial charge in [0.15, 0.2) is 0 Å². The largest absolute Gasteiger partial charge is 0.316 e. The smallest absolute Gasteiger partial charge is 0.137 e. The first-order valence-electron chi connectivity index (χ1n) is 5.71. The minimum Gasteiger partial charge on any atom is -0.316 e. The number of rotatable bonds is 4. The molecule has 0 bridgehead atoms. The molecule has 0 spiro atoms. The van der Waals surface area contributed by atoms with Crippen molar-refractivity contribution in [3.8, 4) is 0 Å². The molecule has 16 heavy (non-hydrogen) atoms. The SMILES string of the molecule is O=C(Cc1ccccc1F)CC1CCNC1. The van der Waals surface area contributed by atoms with E-state index >= 15 is 0 Å². The first-order chi connectivity index (χ1) is 7.75. The third kappa shape index (κ3) is 2.89. The van der Waals surface area contributed by atoms with Gasteiger partial charge in [0, 0.05) is 12.8 Å². The number of halogens is 1. The van der Waals surface area contributed by atoms with Crippen LogP contribution in [-0.2, 0) is 11.2 Å².